The molecule has 1 aliphatic rings. The van der Waals surface area contributed by atoms with Gasteiger partial charge in [-0.25, -0.2) is 0 Å². The van der Waals surface area contributed by atoms with Crippen molar-refractivity contribution in [2.45, 2.75) is 26.3 Å². The molecule has 7 heteroatoms. The Morgan fingerprint density at radius 1 is 1.29 bits per heavy atom. The Morgan fingerprint density at radius 2 is 2.14 bits per heavy atom. The molecule has 0 aliphatic carbocycles. The van der Waals surface area contributed by atoms with E-state index in [9.17, 15) is 4.79 Å². The zero-order valence-electron chi connectivity index (χ0n) is 15.9. The van der Waals surface area contributed by atoms with Crippen molar-refractivity contribution in [3.8, 4) is 17.1 Å². The van der Waals surface area contributed by atoms with Crippen LogP contribution in [-0.2, 0) is 13.0 Å². The number of ether oxygens (including phenoxy) is 1. The van der Waals surface area contributed by atoms with E-state index in [0.717, 1.165) is 47.5 Å². The van der Waals surface area contributed by atoms with Gasteiger partial charge in [0, 0.05) is 23.4 Å². The summed E-state index contributed by atoms with van der Waals surface area (Å²) in [6.45, 7) is 3.39. The number of carbonyl (C=O) groups excluding carboxylic acids is 1. The molecule has 0 radical (unpaired) electrons. The van der Waals surface area contributed by atoms with E-state index < -0.39 is 5.91 Å². The van der Waals surface area contributed by atoms with Crippen molar-refractivity contribution >= 4 is 11.6 Å². The van der Waals surface area contributed by atoms with E-state index in [0.29, 0.717) is 23.8 Å². The average molecular weight is 378 g/mol. The first-order chi connectivity index (χ1) is 13.5. The van der Waals surface area contributed by atoms with Crippen LogP contribution >= 0.6 is 0 Å². The molecule has 0 spiro atoms. The Balaban J connectivity index is 1.56. The summed E-state index contributed by atoms with van der Waals surface area (Å²) in [7, 11) is 1.64. The third-order valence-electron chi connectivity index (χ3n) is 5.04. The number of aromatic nitrogens is 2. The van der Waals surface area contributed by atoms with Crippen LogP contribution in [0.4, 0.5) is 5.69 Å². The molecule has 1 amide bonds. The lowest BCUT2D eigenvalue weighted by Crippen LogP contribution is -2.29. The molecule has 2 aromatic carbocycles. The summed E-state index contributed by atoms with van der Waals surface area (Å²) >= 11 is 0. The number of primary amides is 1. The van der Waals surface area contributed by atoms with Gasteiger partial charge in [-0.15, -0.1) is 0 Å². The highest BCUT2D eigenvalue weighted by atomic mass is 16.5. The molecule has 0 bridgehead atoms. The van der Waals surface area contributed by atoms with Crippen molar-refractivity contribution in [2.24, 2.45) is 5.73 Å². The summed E-state index contributed by atoms with van der Waals surface area (Å²) in [4.78, 5) is 18.2. The Hall–Kier alpha value is -3.35. The number of carbonyl (C=O) groups is 1. The first kappa shape index (κ1) is 18.0. The highest BCUT2D eigenvalue weighted by Crippen LogP contribution is 2.30. The van der Waals surface area contributed by atoms with Crippen LogP contribution < -0.4 is 15.4 Å². The van der Waals surface area contributed by atoms with Gasteiger partial charge >= 0.3 is 0 Å². The predicted molar refractivity (Wildman–Crippen MR) is 105 cm³/mol. The van der Waals surface area contributed by atoms with Crippen molar-refractivity contribution in [3.63, 3.8) is 0 Å². The number of amides is 1. The number of hydrogen-bond donors (Lipinski definition) is 1. The second-order valence-corrected chi connectivity index (χ2v) is 6.93. The maximum atomic E-state index is 11.4. The molecular formula is C21H22N4O3. The summed E-state index contributed by atoms with van der Waals surface area (Å²) < 4.78 is 10.9. The molecule has 0 saturated carbocycles. The monoisotopic (exact) mass is 378 g/mol. The summed E-state index contributed by atoms with van der Waals surface area (Å²) in [5.74, 6) is 1.46. The van der Waals surface area contributed by atoms with Crippen molar-refractivity contribution in [1.82, 2.24) is 10.1 Å². The van der Waals surface area contributed by atoms with Gasteiger partial charge in [-0.1, -0.05) is 17.3 Å². The van der Waals surface area contributed by atoms with Crippen LogP contribution in [0.25, 0.3) is 11.4 Å². The molecule has 4 rings (SSSR count). The van der Waals surface area contributed by atoms with Gasteiger partial charge in [0.2, 0.25) is 17.6 Å². The fourth-order valence-corrected chi connectivity index (χ4v) is 3.55. The molecule has 7 nitrogen and oxygen atoms in total. The van der Waals surface area contributed by atoms with Crippen LogP contribution in [-0.4, -0.2) is 29.7 Å². The Kier molecular flexibility index (Phi) is 4.73. The average Bonchev–Trinajstić information content (AvgIpc) is 3.16. The molecule has 2 heterocycles. The summed E-state index contributed by atoms with van der Waals surface area (Å²) in [5.41, 5.74) is 10.0. The first-order valence-corrected chi connectivity index (χ1v) is 9.20. The van der Waals surface area contributed by atoms with Crippen molar-refractivity contribution in [2.75, 3.05) is 18.6 Å². The number of benzene rings is 2. The topological polar surface area (TPSA) is 94.5 Å². The molecule has 0 atom stereocenters. The summed E-state index contributed by atoms with van der Waals surface area (Å²) in [6, 6.07) is 11.4. The van der Waals surface area contributed by atoms with Crippen LogP contribution in [0.3, 0.4) is 0 Å². The van der Waals surface area contributed by atoms with Gasteiger partial charge in [-0.05, 0) is 55.2 Å². The summed E-state index contributed by atoms with van der Waals surface area (Å²) in [5, 5.41) is 4.12. The lowest BCUT2D eigenvalue weighted by atomic mass is 9.99. The second-order valence-electron chi connectivity index (χ2n) is 6.93. The first-order valence-electron chi connectivity index (χ1n) is 9.20. The van der Waals surface area contributed by atoms with E-state index in [2.05, 4.69) is 15.0 Å². The lowest BCUT2D eigenvalue weighted by Gasteiger charge is -2.30. The Labute approximate surface area is 163 Å². The minimum Gasteiger partial charge on any atom is -0.496 e. The number of nitrogens with zero attached hydrogens (tertiary/aromatic N) is 3. The molecule has 28 heavy (non-hydrogen) atoms. The normalized spacial score (nSPS) is 13.3. The summed E-state index contributed by atoms with van der Waals surface area (Å²) in [6.07, 6.45) is 1.91. The lowest BCUT2D eigenvalue weighted by molar-refractivity contribution is 0.1000. The van der Waals surface area contributed by atoms with Crippen molar-refractivity contribution in [1.29, 1.82) is 0 Å². The number of nitrogens with two attached hydrogens (primary N) is 1. The molecule has 0 saturated heterocycles. The van der Waals surface area contributed by atoms with Crippen LogP contribution in [0, 0.1) is 6.92 Å². The van der Waals surface area contributed by atoms with E-state index in [1.54, 1.807) is 13.2 Å². The highest BCUT2D eigenvalue weighted by molar-refractivity contribution is 5.93. The van der Waals surface area contributed by atoms with Gasteiger partial charge in [0.05, 0.1) is 13.7 Å². The zero-order chi connectivity index (χ0) is 19.7. The number of rotatable bonds is 5. The number of anilines is 1. The van der Waals surface area contributed by atoms with E-state index >= 15 is 0 Å². The predicted octanol–water partition coefficient (Wildman–Crippen LogP) is 3.11. The molecule has 2 N–H and O–H groups in total. The van der Waals surface area contributed by atoms with Gasteiger partial charge in [-0.2, -0.15) is 4.98 Å². The maximum Gasteiger partial charge on any atom is 0.248 e. The second kappa shape index (κ2) is 7.34. The number of aryl methyl sites for hydroxylation is 2. The quantitative estimate of drug-likeness (QED) is 0.733. The third kappa shape index (κ3) is 3.43. The smallest absolute Gasteiger partial charge is 0.248 e. The Morgan fingerprint density at radius 3 is 2.93 bits per heavy atom. The van der Waals surface area contributed by atoms with Crippen LogP contribution in [0.2, 0.25) is 0 Å². The molecule has 1 aliphatic heterocycles. The number of methoxy groups -OCH3 is 1. The minimum absolute atomic E-state index is 0.407. The standard InChI is InChI=1S/C21H22N4O3/c1-13-5-6-16(11-18(13)27-2)21-23-19(28-24-21)12-25-9-3-4-14-10-15(20(22)26)7-8-17(14)25/h5-8,10-11H,3-4,9,12H2,1-2H3,(H2,22,26). The van der Waals surface area contributed by atoms with Crippen molar-refractivity contribution in [3.05, 3.63) is 59.0 Å². The number of hydrogen-bond acceptors (Lipinski definition) is 6. The maximum absolute atomic E-state index is 11.4. The van der Waals surface area contributed by atoms with E-state index in [4.69, 9.17) is 15.0 Å². The van der Waals surface area contributed by atoms with Crippen LogP contribution in [0.1, 0.15) is 33.8 Å². The van der Waals surface area contributed by atoms with Gasteiger partial charge < -0.3 is 19.9 Å². The van der Waals surface area contributed by atoms with E-state index in [1.807, 2.05) is 37.3 Å². The molecule has 0 unspecified atom stereocenters. The number of fused-ring (bicyclic) bond motifs is 1. The Bertz CT molecular complexity index is 1030. The van der Waals surface area contributed by atoms with Crippen LogP contribution in [0.15, 0.2) is 40.9 Å². The molecule has 0 fully saturated rings. The van der Waals surface area contributed by atoms with Gasteiger partial charge in [-0.3, -0.25) is 4.79 Å². The fourth-order valence-electron chi connectivity index (χ4n) is 3.55. The van der Waals surface area contributed by atoms with E-state index in [1.165, 1.54) is 0 Å². The molecular weight excluding hydrogens is 356 g/mol. The third-order valence-corrected chi connectivity index (χ3v) is 5.04. The minimum atomic E-state index is -0.407. The van der Waals surface area contributed by atoms with Gasteiger partial charge in [0.15, 0.2) is 0 Å². The van der Waals surface area contributed by atoms with Crippen molar-refractivity contribution < 1.29 is 14.1 Å². The zero-order valence-corrected chi connectivity index (χ0v) is 15.9. The largest absolute Gasteiger partial charge is 0.496 e. The van der Waals surface area contributed by atoms with Crippen LogP contribution in [0.5, 0.6) is 5.75 Å². The molecule has 3 aromatic rings. The highest BCUT2D eigenvalue weighted by Gasteiger charge is 2.21. The SMILES string of the molecule is COc1cc(-c2noc(CN3CCCc4cc(C(N)=O)ccc43)n2)ccc1C. The fraction of sp³-hybridized carbons (Fsp3) is 0.286. The molecule has 144 valence electrons. The molecule has 1 aromatic heterocycles. The van der Waals surface area contributed by atoms with Gasteiger partial charge in [0.25, 0.3) is 0 Å². The van der Waals surface area contributed by atoms with Gasteiger partial charge in [0.1, 0.15) is 5.75 Å². The van der Waals surface area contributed by atoms with E-state index in [-0.39, 0.29) is 0 Å².